The molecule has 0 aromatic heterocycles. The number of carbonyl (C=O) groups excluding carboxylic acids is 1. The van der Waals surface area contributed by atoms with Gasteiger partial charge in [0.2, 0.25) is 0 Å². The zero-order chi connectivity index (χ0) is 14.9. The highest BCUT2D eigenvalue weighted by molar-refractivity contribution is 8.13. The minimum Gasteiger partial charge on any atom is -0.352 e. The predicted octanol–water partition coefficient (Wildman–Crippen LogP) is 2.59. The highest BCUT2D eigenvalue weighted by Gasteiger charge is 2.22. The van der Waals surface area contributed by atoms with Gasteiger partial charge in [0.1, 0.15) is 5.82 Å². The summed E-state index contributed by atoms with van der Waals surface area (Å²) >= 11 is 0. The van der Waals surface area contributed by atoms with Gasteiger partial charge in [-0.1, -0.05) is 6.42 Å². The van der Waals surface area contributed by atoms with Crippen LogP contribution in [0, 0.1) is 18.7 Å². The number of amides is 1. The smallest absolute Gasteiger partial charge is 0.261 e. The molecule has 1 amide bonds. The summed E-state index contributed by atoms with van der Waals surface area (Å²) in [5.41, 5.74) is -0.123. The maximum atomic E-state index is 13.7. The summed E-state index contributed by atoms with van der Waals surface area (Å²) in [4.78, 5) is 11.5. The third-order valence-electron chi connectivity index (χ3n) is 3.60. The molecule has 110 valence electrons. The molecule has 1 aliphatic carbocycles. The minimum absolute atomic E-state index is 0.0355. The van der Waals surface area contributed by atoms with E-state index >= 15 is 0 Å². The molecule has 1 N–H and O–H groups in total. The van der Waals surface area contributed by atoms with Crippen LogP contribution >= 0.6 is 10.7 Å². The van der Waals surface area contributed by atoms with Crippen molar-refractivity contribution in [2.45, 2.75) is 31.1 Å². The Balaban J connectivity index is 2.23. The standard InChI is InChI=1S/C13H15ClFNO3S/c1-8-11(15)5-10(6-12(8)20(14,18)19)13(17)16-7-9-3-2-4-9/h5-6,9H,2-4,7H2,1H3,(H,16,17). The summed E-state index contributed by atoms with van der Waals surface area (Å²) in [6.07, 6.45) is 3.31. The number of carbonyl (C=O) groups is 1. The van der Waals surface area contributed by atoms with E-state index in [1.165, 1.54) is 6.92 Å². The molecule has 1 saturated carbocycles. The average molecular weight is 320 g/mol. The third-order valence-corrected chi connectivity index (χ3v) is 5.05. The van der Waals surface area contributed by atoms with Crippen LogP contribution in [0.3, 0.4) is 0 Å². The van der Waals surface area contributed by atoms with E-state index in [-0.39, 0.29) is 16.0 Å². The van der Waals surface area contributed by atoms with Crippen LogP contribution in [0.4, 0.5) is 4.39 Å². The second kappa shape index (κ2) is 5.69. The van der Waals surface area contributed by atoms with Crippen molar-refractivity contribution in [3.05, 3.63) is 29.1 Å². The molecule has 0 saturated heterocycles. The van der Waals surface area contributed by atoms with Gasteiger partial charge in [0.05, 0.1) is 4.90 Å². The van der Waals surface area contributed by atoms with Crippen LogP contribution in [0.5, 0.6) is 0 Å². The molecular weight excluding hydrogens is 305 g/mol. The van der Waals surface area contributed by atoms with E-state index in [4.69, 9.17) is 10.7 Å². The van der Waals surface area contributed by atoms with E-state index in [0.717, 1.165) is 31.4 Å². The maximum Gasteiger partial charge on any atom is 0.261 e. The van der Waals surface area contributed by atoms with Crippen molar-refractivity contribution in [3.8, 4) is 0 Å². The number of hydrogen-bond acceptors (Lipinski definition) is 3. The molecule has 0 unspecified atom stereocenters. The summed E-state index contributed by atoms with van der Waals surface area (Å²) in [6, 6.07) is 2.13. The summed E-state index contributed by atoms with van der Waals surface area (Å²) < 4.78 is 36.4. The second-order valence-electron chi connectivity index (χ2n) is 5.03. The first-order valence-electron chi connectivity index (χ1n) is 6.32. The third kappa shape index (κ3) is 3.30. The van der Waals surface area contributed by atoms with Crippen molar-refractivity contribution in [1.29, 1.82) is 0 Å². The van der Waals surface area contributed by atoms with Crippen LogP contribution in [-0.4, -0.2) is 20.9 Å². The van der Waals surface area contributed by atoms with Crippen molar-refractivity contribution in [2.24, 2.45) is 5.92 Å². The van der Waals surface area contributed by atoms with Gasteiger partial charge in [-0.2, -0.15) is 0 Å². The topological polar surface area (TPSA) is 63.2 Å². The summed E-state index contributed by atoms with van der Waals surface area (Å²) in [5.74, 6) is -0.789. The molecule has 0 spiro atoms. The Hall–Kier alpha value is -1.14. The monoisotopic (exact) mass is 319 g/mol. The quantitative estimate of drug-likeness (QED) is 0.868. The van der Waals surface area contributed by atoms with Gasteiger partial charge < -0.3 is 5.32 Å². The minimum atomic E-state index is -4.08. The zero-order valence-corrected chi connectivity index (χ0v) is 12.5. The van der Waals surface area contributed by atoms with Crippen molar-refractivity contribution < 1.29 is 17.6 Å². The van der Waals surface area contributed by atoms with E-state index < -0.39 is 20.8 Å². The molecule has 1 aliphatic rings. The number of benzene rings is 1. The van der Waals surface area contributed by atoms with Gasteiger partial charge >= 0.3 is 0 Å². The first kappa shape index (κ1) is 15.3. The first-order chi connectivity index (χ1) is 9.29. The van der Waals surface area contributed by atoms with Gasteiger partial charge in [-0.3, -0.25) is 4.79 Å². The zero-order valence-electron chi connectivity index (χ0n) is 10.9. The summed E-state index contributed by atoms with van der Waals surface area (Å²) in [7, 11) is 1.16. The Morgan fingerprint density at radius 1 is 1.45 bits per heavy atom. The lowest BCUT2D eigenvalue weighted by atomic mass is 9.85. The summed E-state index contributed by atoms with van der Waals surface area (Å²) in [5, 5.41) is 2.68. The second-order valence-corrected chi connectivity index (χ2v) is 7.56. The Morgan fingerprint density at radius 2 is 2.10 bits per heavy atom. The number of rotatable bonds is 4. The molecule has 0 atom stereocenters. The van der Waals surface area contributed by atoms with E-state index in [2.05, 4.69) is 5.32 Å². The van der Waals surface area contributed by atoms with Crippen LogP contribution in [0.1, 0.15) is 35.2 Å². The molecule has 20 heavy (non-hydrogen) atoms. The fourth-order valence-electron chi connectivity index (χ4n) is 2.07. The number of halogens is 2. The predicted molar refractivity (Wildman–Crippen MR) is 73.9 cm³/mol. The Labute approximate surface area is 121 Å². The molecule has 2 rings (SSSR count). The highest BCUT2D eigenvalue weighted by atomic mass is 35.7. The van der Waals surface area contributed by atoms with Gasteiger partial charge in [-0.25, -0.2) is 12.8 Å². The molecule has 0 aliphatic heterocycles. The van der Waals surface area contributed by atoms with E-state index in [0.29, 0.717) is 12.5 Å². The SMILES string of the molecule is Cc1c(F)cc(C(=O)NCC2CCC2)cc1S(=O)(=O)Cl. The molecule has 4 nitrogen and oxygen atoms in total. The largest absolute Gasteiger partial charge is 0.352 e. The van der Waals surface area contributed by atoms with Crippen molar-refractivity contribution in [2.75, 3.05) is 6.54 Å². The van der Waals surface area contributed by atoms with Gasteiger partial charge in [-0.15, -0.1) is 0 Å². The Morgan fingerprint density at radius 3 is 2.60 bits per heavy atom. The van der Waals surface area contributed by atoms with Crippen molar-refractivity contribution in [3.63, 3.8) is 0 Å². The van der Waals surface area contributed by atoms with Crippen LogP contribution in [0.2, 0.25) is 0 Å². The summed E-state index contributed by atoms with van der Waals surface area (Å²) in [6.45, 7) is 1.83. The average Bonchev–Trinajstić information content (AvgIpc) is 2.28. The number of nitrogens with one attached hydrogen (secondary N) is 1. The number of hydrogen-bond donors (Lipinski definition) is 1. The van der Waals surface area contributed by atoms with Crippen LogP contribution in [-0.2, 0) is 9.05 Å². The van der Waals surface area contributed by atoms with Gasteiger partial charge in [0, 0.05) is 28.4 Å². The van der Waals surface area contributed by atoms with Gasteiger partial charge in [0.25, 0.3) is 15.0 Å². The van der Waals surface area contributed by atoms with Crippen LogP contribution < -0.4 is 5.32 Å². The molecule has 0 heterocycles. The first-order valence-corrected chi connectivity index (χ1v) is 8.63. The molecular formula is C13H15ClFNO3S. The highest BCUT2D eigenvalue weighted by Crippen LogP contribution is 2.26. The van der Waals surface area contributed by atoms with E-state index in [9.17, 15) is 17.6 Å². The lowest BCUT2D eigenvalue weighted by Gasteiger charge is -2.25. The Kier molecular flexibility index (Phi) is 4.34. The molecule has 0 radical (unpaired) electrons. The van der Waals surface area contributed by atoms with Gasteiger partial charge in [0.15, 0.2) is 0 Å². The van der Waals surface area contributed by atoms with Gasteiger partial charge in [-0.05, 0) is 37.8 Å². The lowest BCUT2D eigenvalue weighted by Crippen LogP contribution is -2.32. The normalized spacial score (nSPS) is 15.8. The Bertz CT molecular complexity index is 641. The fourth-order valence-corrected chi connectivity index (χ4v) is 3.29. The molecule has 7 heteroatoms. The van der Waals surface area contributed by atoms with Crippen molar-refractivity contribution in [1.82, 2.24) is 5.32 Å². The van der Waals surface area contributed by atoms with E-state index in [1.807, 2.05) is 0 Å². The van der Waals surface area contributed by atoms with Crippen LogP contribution in [0.25, 0.3) is 0 Å². The molecule has 1 aromatic rings. The van der Waals surface area contributed by atoms with E-state index in [1.54, 1.807) is 0 Å². The van der Waals surface area contributed by atoms with Crippen LogP contribution in [0.15, 0.2) is 17.0 Å². The lowest BCUT2D eigenvalue weighted by molar-refractivity contribution is 0.0938. The van der Waals surface area contributed by atoms with Crippen molar-refractivity contribution >= 4 is 25.6 Å². The molecule has 1 aromatic carbocycles. The molecule has 0 bridgehead atoms. The maximum absolute atomic E-state index is 13.7. The fraction of sp³-hybridized carbons (Fsp3) is 0.462. The molecule has 1 fully saturated rings.